The lowest BCUT2D eigenvalue weighted by Gasteiger charge is -2.21. The molecule has 1 N–H and O–H groups in total. The largest absolute Gasteiger partial charge is 0.447 e. The zero-order valence-corrected chi connectivity index (χ0v) is 7.19. The van der Waals surface area contributed by atoms with Gasteiger partial charge in [0.2, 0.25) is 5.88 Å². The van der Waals surface area contributed by atoms with Crippen LogP contribution in [0.25, 0.3) is 5.69 Å². The number of anilines is 1. The molecule has 66 valence electrons. The number of rotatable bonds is 0. The molecule has 1 aliphatic heterocycles. The van der Waals surface area contributed by atoms with E-state index in [2.05, 4.69) is 17.2 Å². The van der Waals surface area contributed by atoms with E-state index in [4.69, 9.17) is 4.42 Å². The van der Waals surface area contributed by atoms with Gasteiger partial charge in [0.15, 0.2) is 0 Å². The quantitative estimate of drug-likeness (QED) is 0.665. The van der Waals surface area contributed by atoms with Gasteiger partial charge in [0.05, 0.1) is 30.5 Å². The van der Waals surface area contributed by atoms with Crippen LogP contribution in [0.4, 0.5) is 5.88 Å². The number of fused-ring (bicyclic) bond motifs is 3. The van der Waals surface area contributed by atoms with Crippen molar-refractivity contribution in [1.29, 1.82) is 0 Å². The molecule has 3 rings (SSSR count). The average molecular weight is 175 g/mol. The van der Waals surface area contributed by atoms with Gasteiger partial charge in [-0.15, -0.1) is 0 Å². The highest BCUT2D eigenvalue weighted by atomic mass is 16.3. The molecule has 1 aliphatic rings. The summed E-state index contributed by atoms with van der Waals surface area (Å²) >= 11 is 0. The lowest BCUT2D eigenvalue weighted by molar-refractivity contribution is 0.561. The van der Waals surface area contributed by atoms with E-state index < -0.39 is 0 Å². The van der Waals surface area contributed by atoms with Crippen molar-refractivity contribution in [3.8, 4) is 5.69 Å². The summed E-state index contributed by atoms with van der Waals surface area (Å²) in [6.45, 7) is 2.08. The van der Waals surface area contributed by atoms with Gasteiger partial charge in [0.25, 0.3) is 0 Å². The molecule has 0 radical (unpaired) electrons. The van der Waals surface area contributed by atoms with E-state index in [9.17, 15) is 0 Å². The first kappa shape index (κ1) is 6.77. The SMILES string of the molecule is CC1Nc2occc2-n2cncc21. The minimum absolute atomic E-state index is 0.251. The highest BCUT2D eigenvalue weighted by Gasteiger charge is 2.22. The fraction of sp³-hybridized carbons (Fsp3) is 0.222. The number of hydrogen-bond donors (Lipinski definition) is 1. The van der Waals surface area contributed by atoms with Crippen LogP contribution in [0.1, 0.15) is 18.7 Å². The highest BCUT2D eigenvalue weighted by Crippen LogP contribution is 2.32. The molecule has 0 aliphatic carbocycles. The Morgan fingerprint density at radius 2 is 2.54 bits per heavy atom. The first-order chi connectivity index (χ1) is 6.36. The molecule has 0 saturated carbocycles. The Morgan fingerprint density at radius 1 is 1.62 bits per heavy atom. The molecule has 2 aromatic heterocycles. The highest BCUT2D eigenvalue weighted by molar-refractivity contribution is 5.58. The Kier molecular flexibility index (Phi) is 1.12. The van der Waals surface area contributed by atoms with Gasteiger partial charge in [-0.3, -0.25) is 4.57 Å². The fourth-order valence-corrected chi connectivity index (χ4v) is 1.70. The third-order valence-corrected chi connectivity index (χ3v) is 2.36. The van der Waals surface area contributed by atoms with Crippen molar-refractivity contribution in [3.63, 3.8) is 0 Å². The molecule has 0 spiro atoms. The number of nitrogens with one attached hydrogen (secondary N) is 1. The summed E-state index contributed by atoms with van der Waals surface area (Å²) in [5.41, 5.74) is 2.19. The van der Waals surface area contributed by atoms with Crippen LogP contribution in [0.3, 0.4) is 0 Å². The molecule has 3 heterocycles. The molecule has 4 heteroatoms. The first-order valence-corrected chi connectivity index (χ1v) is 4.23. The second-order valence-electron chi connectivity index (χ2n) is 3.19. The second-order valence-corrected chi connectivity index (χ2v) is 3.19. The van der Waals surface area contributed by atoms with Crippen LogP contribution in [-0.4, -0.2) is 9.55 Å². The number of aromatic nitrogens is 2. The first-order valence-electron chi connectivity index (χ1n) is 4.23. The molecule has 13 heavy (non-hydrogen) atoms. The maximum atomic E-state index is 5.29. The van der Waals surface area contributed by atoms with Gasteiger partial charge < -0.3 is 9.73 Å². The minimum Gasteiger partial charge on any atom is -0.447 e. The van der Waals surface area contributed by atoms with Crippen molar-refractivity contribution < 1.29 is 4.42 Å². The van der Waals surface area contributed by atoms with Crippen molar-refractivity contribution in [3.05, 3.63) is 30.5 Å². The van der Waals surface area contributed by atoms with Crippen molar-refractivity contribution >= 4 is 5.88 Å². The normalized spacial score (nSPS) is 19.0. The molecule has 0 bridgehead atoms. The minimum atomic E-state index is 0.251. The third-order valence-electron chi connectivity index (χ3n) is 2.36. The molecule has 1 unspecified atom stereocenters. The Hall–Kier alpha value is -1.71. The zero-order valence-electron chi connectivity index (χ0n) is 7.19. The van der Waals surface area contributed by atoms with Gasteiger partial charge in [-0.05, 0) is 6.92 Å². The maximum absolute atomic E-state index is 5.29. The van der Waals surface area contributed by atoms with Gasteiger partial charge in [0.1, 0.15) is 5.69 Å². The van der Waals surface area contributed by atoms with Crippen LogP contribution < -0.4 is 5.32 Å². The Labute approximate surface area is 75.2 Å². The van der Waals surface area contributed by atoms with Gasteiger partial charge in [-0.2, -0.15) is 0 Å². The fourth-order valence-electron chi connectivity index (χ4n) is 1.70. The molecule has 4 nitrogen and oxygen atoms in total. The summed E-state index contributed by atoms with van der Waals surface area (Å²) in [5.74, 6) is 0.818. The zero-order chi connectivity index (χ0) is 8.84. The monoisotopic (exact) mass is 175 g/mol. The summed E-state index contributed by atoms with van der Waals surface area (Å²) in [5, 5.41) is 3.25. The molecule has 0 amide bonds. The standard InChI is InChI=1S/C9H9N3O/c1-6-8-4-10-5-12(8)7-2-3-13-9(7)11-6/h2-6,11H,1H3. The van der Waals surface area contributed by atoms with Crippen molar-refractivity contribution in [2.75, 3.05) is 5.32 Å². The predicted octanol–water partition coefficient (Wildman–Crippen LogP) is 1.95. The van der Waals surface area contributed by atoms with Gasteiger partial charge in [0, 0.05) is 6.07 Å². The van der Waals surface area contributed by atoms with Crippen LogP contribution in [-0.2, 0) is 0 Å². The van der Waals surface area contributed by atoms with Crippen molar-refractivity contribution in [1.82, 2.24) is 9.55 Å². The van der Waals surface area contributed by atoms with Gasteiger partial charge in [-0.25, -0.2) is 4.98 Å². The summed E-state index contributed by atoms with van der Waals surface area (Å²) in [6.07, 6.45) is 5.36. The topological polar surface area (TPSA) is 43.0 Å². The molecule has 2 aromatic rings. The number of furan rings is 1. The summed E-state index contributed by atoms with van der Waals surface area (Å²) < 4.78 is 7.33. The van der Waals surface area contributed by atoms with E-state index in [1.165, 1.54) is 0 Å². The van der Waals surface area contributed by atoms with E-state index in [0.717, 1.165) is 17.3 Å². The lowest BCUT2D eigenvalue weighted by Crippen LogP contribution is -2.16. The molecular formula is C9H9N3O. The van der Waals surface area contributed by atoms with E-state index in [1.807, 2.05) is 16.8 Å². The van der Waals surface area contributed by atoms with E-state index >= 15 is 0 Å². The van der Waals surface area contributed by atoms with Crippen LogP contribution in [0.5, 0.6) is 0 Å². The van der Waals surface area contributed by atoms with E-state index in [1.54, 1.807) is 12.6 Å². The smallest absolute Gasteiger partial charge is 0.217 e. The Balaban J connectivity index is 2.30. The summed E-state index contributed by atoms with van der Waals surface area (Å²) in [4.78, 5) is 4.11. The van der Waals surface area contributed by atoms with Crippen LogP contribution in [0, 0.1) is 0 Å². The van der Waals surface area contributed by atoms with Gasteiger partial charge in [-0.1, -0.05) is 0 Å². The molecule has 0 fully saturated rings. The number of imidazole rings is 1. The maximum Gasteiger partial charge on any atom is 0.217 e. The van der Waals surface area contributed by atoms with Crippen molar-refractivity contribution in [2.45, 2.75) is 13.0 Å². The molecule has 0 aromatic carbocycles. The average Bonchev–Trinajstić information content (AvgIpc) is 2.66. The molecular weight excluding hydrogens is 166 g/mol. The van der Waals surface area contributed by atoms with Crippen LogP contribution in [0.15, 0.2) is 29.3 Å². The van der Waals surface area contributed by atoms with E-state index in [-0.39, 0.29) is 6.04 Å². The summed E-state index contributed by atoms with van der Waals surface area (Å²) in [7, 11) is 0. The van der Waals surface area contributed by atoms with E-state index in [0.29, 0.717) is 0 Å². The summed E-state index contributed by atoms with van der Waals surface area (Å²) in [6, 6.07) is 2.18. The lowest BCUT2D eigenvalue weighted by atomic mass is 10.2. The van der Waals surface area contributed by atoms with Crippen LogP contribution >= 0.6 is 0 Å². The van der Waals surface area contributed by atoms with Gasteiger partial charge >= 0.3 is 0 Å². The second kappa shape index (κ2) is 2.16. The molecule has 0 saturated heterocycles. The Bertz CT molecular complexity index is 443. The number of hydrogen-bond acceptors (Lipinski definition) is 3. The molecule has 1 atom stereocenters. The number of nitrogens with zero attached hydrogens (tertiary/aromatic N) is 2. The third kappa shape index (κ3) is 0.771. The predicted molar refractivity (Wildman–Crippen MR) is 47.9 cm³/mol. The van der Waals surface area contributed by atoms with Crippen LogP contribution in [0.2, 0.25) is 0 Å². The van der Waals surface area contributed by atoms with Crippen molar-refractivity contribution in [2.24, 2.45) is 0 Å². The Morgan fingerprint density at radius 3 is 3.46 bits per heavy atom.